The minimum absolute atomic E-state index is 0.444. The van der Waals surface area contributed by atoms with E-state index < -0.39 is 6.09 Å². The predicted molar refractivity (Wildman–Crippen MR) is 41.7 cm³/mol. The number of amides is 1. The number of hydrogen-bond acceptors (Lipinski definition) is 2. The Kier molecular flexibility index (Phi) is 2.70. The topological polar surface area (TPSA) is 52.6 Å². The Labute approximate surface area is 66.2 Å². The summed E-state index contributed by atoms with van der Waals surface area (Å²) in [5.41, 5.74) is 0. The summed E-state index contributed by atoms with van der Waals surface area (Å²) < 4.78 is 0. The molecule has 0 aromatic heterocycles. The molecule has 1 aliphatic rings. The second-order valence-corrected chi connectivity index (χ2v) is 2.91. The van der Waals surface area contributed by atoms with E-state index in [9.17, 15) is 4.79 Å². The van der Waals surface area contributed by atoms with E-state index in [0.717, 1.165) is 13.0 Å². The average molecular weight is 158 g/mol. The number of nitrogens with zero attached hydrogens (tertiary/aromatic N) is 1. The maximum atomic E-state index is 10.5. The maximum absolute atomic E-state index is 10.5. The van der Waals surface area contributed by atoms with Crippen LogP contribution in [0, 0.1) is 0 Å². The van der Waals surface area contributed by atoms with Crippen molar-refractivity contribution in [1.82, 2.24) is 10.2 Å². The van der Waals surface area contributed by atoms with Gasteiger partial charge in [0.15, 0.2) is 0 Å². The highest BCUT2D eigenvalue weighted by Crippen LogP contribution is 2.00. The van der Waals surface area contributed by atoms with Gasteiger partial charge in [0.05, 0.1) is 0 Å². The molecule has 1 atom stereocenters. The molecule has 11 heavy (non-hydrogen) atoms. The minimum atomic E-state index is -0.805. The van der Waals surface area contributed by atoms with Gasteiger partial charge in [-0.1, -0.05) is 0 Å². The first-order valence-electron chi connectivity index (χ1n) is 3.91. The van der Waals surface area contributed by atoms with Crippen molar-refractivity contribution in [2.75, 3.05) is 19.6 Å². The number of carbonyl (C=O) groups is 1. The van der Waals surface area contributed by atoms with E-state index in [1.165, 1.54) is 4.90 Å². The van der Waals surface area contributed by atoms with Gasteiger partial charge in [-0.25, -0.2) is 4.79 Å². The lowest BCUT2D eigenvalue weighted by molar-refractivity contribution is 0.148. The molecule has 1 heterocycles. The molecule has 1 amide bonds. The molecule has 1 saturated heterocycles. The summed E-state index contributed by atoms with van der Waals surface area (Å²) in [6.45, 7) is 4.11. The molecule has 0 unspecified atom stereocenters. The van der Waals surface area contributed by atoms with Crippen molar-refractivity contribution >= 4 is 6.09 Å². The van der Waals surface area contributed by atoms with Gasteiger partial charge in [0.25, 0.3) is 0 Å². The molecule has 4 nitrogen and oxygen atoms in total. The minimum Gasteiger partial charge on any atom is -0.465 e. The summed E-state index contributed by atoms with van der Waals surface area (Å²) >= 11 is 0. The molecule has 1 rings (SSSR count). The van der Waals surface area contributed by atoms with E-state index in [2.05, 4.69) is 12.2 Å². The summed E-state index contributed by atoms with van der Waals surface area (Å²) in [4.78, 5) is 12.0. The Hall–Kier alpha value is -0.770. The molecule has 1 fully saturated rings. The molecule has 0 spiro atoms. The SMILES string of the molecule is C[C@@H]1CCN(C(=O)O)CCN1. The van der Waals surface area contributed by atoms with Gasteiger partial charge in [0.2, 0.25) is 0 Å². The Morgan fingerprint density at radius 2 is 2.36 bits per heavy atom. The van der Waals surface area contributed by atoms with Crippen LogP contribution in [-0.4, -0.2) is 41.8 Å². The standard InChI is InChI=1S/C7H14N2O2/c1-6-2-4-9(7(10)11)5-3-8-6/h6,8H,2-5H2,1H3,(H,10,11)/t6-/m1/s1. The van der Waals surface area contributed by atoms with Gasteiger partial charge < -0.3 is 15.3 Å². The number of hydrogen-bond donors (Lipinski definition) is 2. The summed E-state index contributed by atoms with van der Waals surface area (Å²) in [5.74, 6) is 0. The van der Waals surface area contributed by atoms with Crippen LogP contribution in [0.15, 0.2) is 0 Å². The molecule has 0 saturated carbocycles. The van der Waals surface area contributed by atoms with E-state index >= 15 is 0 Å². The third kappa shape index (κ3) is 2.38. The maximum Gasteiger partial charge on any atom is 0.407 e. The van der Waals surface area contributed by atoms with Crippen LogP contribution in [0.25, 0.3) is 0 Å². The lowest BCUT2D eigenvalue weighted by atomic mass is 10.2. The lowest BCUT2D eigenvalue weighted by Gasteiger charge is -2.14. The molecule has 64 valence electrons. The third-order valence-electron chi connectivity index (χ3n) is 1.98. The third-order valence-corrected chi connectivity index (χ3v) is 1.98. The van der Waals surface area contributed by atoms with Gasteiger partial charge in [-0.15, -0.1) is 0 Å². The van der Waals surface area contributed by atoms with Crippen LogP contribution in [-0.2, 0) is 0 Å². The Balaban J connectivity index is 2.40. The van der Waals surface area contributed by atoms with Gasteiger partial charge in [0.1, 0.15) is 0 Å². The Bertz CT molecular complexity index is 149. The van der Waals surface area contributed by atoms with Crippen molar-refractivity contribution in [1.29, 1.82) is 0 Å². The van der Waals surface area contributed by atoms with E-state index in [1.54, 1.807) is 0 Å². The second-order valence-electron chi connectivity index (χ2n) is 2.91. The van der Waals surface area contributed by atoms with Gasteiger partial charge in [-0.05, 0) is 13.3 Å². The van der Waals surface area contributed by atoms with Crippen LogP contribution in [0.4, 0.5) is 4.79 Å². The van der Waals surface area contributed by atoms with Crippen molar-refractivity contribution in [3.63, 3.8) is 0 Å². The Morgan fingerprint density at radius 1 is 1.64 bits per heavy atom. The highest BCUT2D eigenvalue weighted by molar-refractivity contribution is 5.64. The zero-order chi connectivity index (χ0) is 8.27. The summed E-state index contributed by atoms with van der Waals surface area (Å²) in [7, 11) is 0. The highest BCUT2D eigenvalue weighted by Gasteiger charge is 2.15. The molecule has 1 aliphatic heterocycles. The fourth-order valence-electron chi connectivity index (χ4n) is 1.20. The highest BCUT2D eigenvalue weighted by atomic mass is 16.4. The quantitative estimate of drug-likeness (QED) is 0.534. The molecule has 4 heteroatoms. The molecular weight excluding hydrogens is 144 g/mol. The predicted octanol–water partition coefficient (Wildman–Crippen LogP) is 0.348. The van der Waals surface area contributed by atoms with Crippen LogP contribution in [0.1, 0.15) is 13.3 Å². The zero-order valence-electron chi connectivity index (χ0n) is 6.71. The zero-order valence-corrected chi connectivity index (χ0v) is 6.71. The van der Waals surface area contributed by atoms with Crippen LogP contribution < -0.4 is 5.32 Å². The lowest BCUT2D eigenvalue weighted by Crippen LogP contribution is -2.32. The number of rotatable bonds is 0. The fourth-order valence-corrected chi connectivity index (χ4v) is 1.20. The number of carboxylic acid groups (broad SMARTS) is 1. The molecule has 0 radical (unpaired) electrons. The molecular formula is C7H14N2O2. The van der Waals surface area contributed by atoms with Crippen LogP contribution >= 0.6 is 0 Å². The Morgan fingerprint density at radius 3 is 3.00 bits per heavy atom. The van der Waals surface area contributed by atoms with E-state index in [0.29, 0.717) is 19.1 Å². The van der Waals surface area contributed by atoms with E-state index in [-0.39, 0.29) is 0 Å². The molecule has 0 aromatic rings. The first kappa shape index (κ1) is 8.33. The van der Waals surface area contributed by atoms with Crippen molar-refractivity contribution < 1.29 is 9.90 Å². The monoisotopic (exact) mass is 158 g/mol. The summed E-state index contributed by atoms with van der Waals surface area (Å²) in [6.07, 6.45) is 0.104. The number of nitrogens with one attached hydrogen (secondary N) is 1. The fraction of sp³-hybridized carbons (Fsp3) is 0.857. The smallest absolute Gasteiger partial charge is 0.407 e. The van der Waals surface area contributed by atoms with Gasteiger partial charge in [-0.2, -0.15) is 0 Å². The molecule has 2 N–H and O–H groups in total. The molecule has 0 aliphatic carbocycles. The van der Waals surface area contributed by atoms with Crippen molar-refractivity contribution in [2.24, 2.45) is 0 Å². The summed E-state index contributed by atoms with van der Waals surface area (Å²) in [6, 6.07) is 0.444. The van der Waals surface area contributed by atoms with Crippen molar-refractivity contribution in [2.45, 2.75) is 19.4 Å². The van der Waals surface area contributed by atoms with Gasteiger partial charge in [0, 0.05) is 25.7 Å². The molecule has 0 aromatic carbocycles. The van der Waals surface area contributed by atoms with Gasteiger partial charge >= 0.3 is 6.09 Å². The van der Waals surface area contributed by atoms with Crippen LogP contribution in [0.2, 0.25) is 0 Å². The van der Waals surface area contributed by atoms with E-state index in [1.807, 2.05) is 0 Å². The van der Waals surface area contributed by atoms with Crippen molar-refractivity contribution in [3.8, 4) is 0 Å². The van der Waals surface area contributed by atoms with E-state index in [4.69, 9.17) is 5.11 Å². The second kappa shape index (κ2) is 3.57. The van der Waals surface area contributed by atoms with Gasteiger partial charge in [-0.3, -0.25) is 0 Å². The van der Waals surface area contributed by atoms with Crippen LogP contribution in [0.3, 0.4) is 0 Å². The first-order chi connectivity index (χ1) is 5.20. The summed E-state index contributed by atoms with van der Waals surface area (Å²) in [5, 5.41) is 11.9. The average Bonchev–Trinajstić information content (AvgIpc) is 2.13. The first-order valence-corrected chi connectivity index (χ1v) is 3.91. The van der Waals surface area contributed by atoms with Crippen molar-refractivity contribution in [3.05, 3.63) is 0 Å². The largest absolute Gasteiger partial charge is 0.465 e. The molecule has 0 bridgehead atoms. The normalized spacial score (nSPS) is 26.3. The van der Waals surface area contributed by atoms with Crippen LogP contribution in [0.5, 0.6) is 0 Å².